The predicted molar refractivity (Wildman–Crippen MR) is 99.5 cm³/mol. The van der Waals surface area contributed by atoms with E-state index in [-0.39, 0.29) is 11.8 Å². The first-order valence-electron chi connectivity index (χ1n) is 8.49. The molecule has 1 aliphatic heterocycles. The van der Waals surface area contributed by atoms with Gasteiger partial charge in [0.25, 0.3) is 5.91 Å². The predicted octanol–water partition coefficient (Wildman–Crippen LogP) is 2.42. The standard InChI is InChI=1S/C20H21N3O3/c24-19(23-26)10-9-14-5-7-15(8-6-14)13-21-12-11-17-16-3-1-2-4-18(16)22-20(17)25/h1-10,17,21,26H,11-13H2,(H,22,25)(H,23,24)/b10-9+. The van der Waals surface area contributed by atoms with Crippen molar-refractivity contribution in [2.24, 2.45) is 0 Å². The highest BCUT2D eigenvalue weighted by atomic mass is 16.5. The summed E-state index contributed by atoms with van der Waals surface area (Å²) in [6.07, 6.45) is 3.64. The van der Waals surface area contributed by atoms with Gasteiger partial charge in [0, 0.05) is 18.3 Å². The molecule has 1 heterocycles. The fourth-order valence-electron chi connectivity index (χ4n) is 3.00. The van der Waals surface area contributed by atoms with Crippen LogP contribution < -0.4 is 16.1 Å². The Morgan fingerprint density at radius 3 is 2.69 bits per heavy atom. The van der Waals surface area contributed by atoms with Crippen molar-refractivity contribution in [3.8, 4) is 0 Å². The molecule has 0 radical (unpaired) electrons. The Labute approximate surface area is 151 Å². The van der Waals surface area contributed by atoms with E-state index in [2.05, 4.69) is 10.6 Å². The minimum atomic E-state index is -0.562. The first-order valence-corrected chi connectivity index (χ1v) is 8.49. The van der Waals surface area contributed by atoms with Crippen LogP contribution in [0.5, 0.6) is 0 Å². The third kappa shape index (κ3) is 4.36. The number of carbonyl (C=O) groups is 2. The molecule has 0 saturated carbocycles. The van der Waals surface area contributed by atoms with Crippen LogP contribution in [0.25, 0.3) is 6.08 Å². The van der Waals surface area contributed by atoms with E-state index >= 15 is 0 Å². The van der Waals surface area contributed by atoms with Crippen LogP contribution in [0.15, 0.2) is 54.6 Å². The number of anilines is 1. The van der Waals surface area contributed by atoms with Crippen molar-refractivity contribution in [2.75, 3.05) is 11.9 Å². The van der Waals surface area contributed by atoms with Crippen molar-refractivity contribution in [3.63, 3.8) is 0 Å². The maximum Gasteiger partial charge on any atom is 0.267 e. The third-order valence-corrected chi connectivity index (χ3v) is 4.37. The van der Waals surface area contributed by atoms with Gasteiger partial charge in [-0.2, -0.15) is 0 Å². The average Bonchev–Trinajstić information content (AvgIpc) is 2.99. The molecular formula is C20H21N3O3. The zero-order chi connectivity index (χ0) is 18.4. The number of hydrogen-bond acceptors (Lipinski definition) is 4. The van der Waals surface area contributed by atoms with Crippen LogP contribution in [-0.4, -0.2) is 23.6 Å². The summed E-state index contributed by atoms with van der Waals surface area (Å²) in [5, 5.41) is 14.7. The smallest absolute Gasteiger partial charge is 0.267 e. The van der Waals surface area contributed by atoms with Gasteiger partial charge in [-0.1, -0.05) is 42.5 Å². The molecule has 0 saturated heterocycles. The number of nitrogens with one attached hydrogen (secondary N) is 3. The van der Waals surface area contributed by atoms with Gasteiger partial charge in [0.15, 0.2) is 0 Å². The summed E-state index contributed by atoms with van der Waals surface area (Å²) in [5.41, 5.74) is 5.53. The Bertz CT molecular complexity index is 815. The molecule has 0 bridgehead atoms. The number of hydrogen-bond donors (Lipinski definition) is 4. The lowest BCUT2D eigenvalue weighted by Gasteiger charge is -2.10. The van der Waals surface area contributed by atoms with E-state index in [9.17, 15) is 9.59 Å². The molecule has 2 aromatic carbocycles. The maximum atomic E-state index is 12.1. The summed E-state index contributed by atoms with van der Waals surface area (Å²) in [4.78, 5) is 23.0. The zero-order valence-electron chi connectivity index (χ0n) is 14.2. The summed E-state index contributed by atoms with van der Waals surface area (Å²) in [6.45, 7) is 1.45. The van der Waals surface area contributed by atoms with Crippen molar-refractivity contribution in [1.29, 1.82) is 0 Å². The third-order valence-electron chi connectivity index (χ3n) is 4.37. The highest BCUT2D eigenvalue weighted by Crippen LogP contribution is 2.33. The second kappa shape index (κ2) is 8.42. The van der Waals surface area contributed by atoms with Gasteiger partial charge in [0.05, 0.1) is 5.92 Å². The lowest BCUT2D eigenvalue weighted by molar-refractivity contribution is -0.124. The molecule has 2 amide bonds. The van der Waals surface area contributed by atoms with E-state index in [1.165, 1.54) is 6.08 Å². The normalized spacial score (nSPS) is 15.7. The van der Waals surface area contributed by atoms with Crippen LogP contribution >= 0.6 is 0 Å². The van der Waals surface area contributed by atoms with Gasteiger partial charge in [-0.05, 0) is 41.8 Å². The van der Waals surface area contributed by atoms with Gasteiger partial charge in [0.2, 0.25) is 5.91 Å². The van der Waals surface area contributed by atoms with Crippen molar-refractivity contribution in [2.45, 2.75) is 18.9 Å². The van der Waals surface area contributed by atoms with E-state index in [4.69, 9.17) is 5.21 Å². The lowest BCUT2D eigenvalue weighted by Crippen LogP contribution is -2.20. The highest BCUT2D eigenvalue weighted by molar-refractivity contribution is 6.02. The quantitative estimate of drug-likeness (QED) is 0.267. The summed E-state index contributed by atoms with van der Waals surface area (Å²) in [6, 6.07) is 15.6. The van der Waals surface area contributed by atoms with E-state index in [1.807, 2.05) is 48.5 Å². The number of amides is 2. The number of hydroxylamine groups is 1. The summed E-state index contributed by atoms with van der Waals surface area (Å²) < 4.78 is 0. The van der Waals surface area contributed by atoms with Crippen LogP contribution in [0.4, 0.5) is 5.69 Å². The minimum Gasteiger partial charge on any atom is -0.325 e. The monoisotopic (exact) mass is 351 g/mol. The Hall–Kier alpha value is -2.96. The Morgan fingerprint density at radius 2 is 1.92 bits per heavy atom. The summed E-state index contributed by atoms with van der Waals surface area (Å²) in [7, 11) is 0. The van der Waals surface area contributed by atoms with Crippen molar-refractivity contribution in [3.05, 3.63) is 71.3 Å². The number of para-hydroxylation sites is 1. The van der Waals surface area contributed by atoms with Gasteiger partial charge in [-0.15, -0.1) is 0 Å². The Balaban J connectivity index is 1.46. The molecule has 1 aliphatic rings. The molecule has 0 aromatic heterocycles. The summed E-state index contributed by atoms with van der Waals surface area (Å²) in [5.74, 6) is -0.590. The average molecular weight is 351 g/mol. The fraction of sp³-hybridized carbons (Fsp3) is 0.200. The van der Waals surface area contributed by atoms with Crippen LogP contribution in [0.3, 0.4) is 0 Å². The maximum absolute atomic E-state index is 12.1. The molecule has 1 atom stereocenters. The van der Waals surface area contributed by atoms with Gasteiger partial charge < -0.3 is 10.6 Å². The molecule has 1 unspecified atom stereocenters. The summed E-state index contributed by atoms with van der Waals surface area (Å²) >= 11 is 0. The van der Waals surface area contributed by atoms with Crippen LogP contribution in [-0.2, 0) is 16.1 Å². The molecule has 0 fully saturated rings. The van der Waals surface area contributed by atoms with Crippen LogP contribution in [0.1, 0.15) is 29.0 Å². The molecule has 4 N–H and O–H groups in total. The topological polar surface area (TPSA) is 90.5 Å². The zero-order valence-corrected chi connectivity index (χ0v) is 14.2. The molecule has 26 heavy (non-hydrogen) atoms. The molecule has 3 rings (SSSR count). The first kappa shape index (κ1) is 17.8. The molecule has 2 aromatic rings. The van der Waals surface area contributed by atoms with E-state index < -0.39 is 5.91 Å². The molecule has 0 aliphatic carbocycles. The van der Waals surface area contributed by atoms with Gasteiger partial charge >= 0.3 is 0 Å². The Morgan fingerprint density at radius 1 is 1.15 bits per heavy atom. The Kier molecular flexibility index (Phi) is 5.78. The van der Waals surface area contributed by atoms with Crippen molar-refractivity contribution >= 4 is 23.6 Å². The molecule has 6 heteroatoms. The lowest BCUT2D eigenvalue weighted by atomic mass is 9.97. The van der Waals surface area contributed by atoms with E-state index in [1.54, 1.807) is 11.6 Å². The van der Waals surface area contributed by atoms with Crippen LogP contribution in [0.2, 0.25) is 0 Å². The number of benzene rings is 2. The molecule has 6 nitrogen and oxygen atoms in total. The second-order valence-corrected chi connectivity index (χ2v) is 6.15. The SMILES string of the molecule is O=C(/C=C/c1ccc(CNCCC2C(=O)Nc3ccccc32)cc1)NO. The van der Waals surface area contributed by atoms with E-state index in [0.29, 0.717) is 6.54 Å². The van der Waals surface area contributed by atoms with E-state index in [0.717, 1.165) is 35.3 Å². The van der Waals surface area contributed by atoms with Crippen molar-refractivity contribution in [1.82, 2.24) is 10.8 Å². The highest BCUT2D eigenvalue weighted by Gasteiger charge is 2.29. The number of fused-ring (bicyclic) bond motifs is 1. The van der Waals surface area contributed by atoms with Crippen molar-refractivity contribution < 1.29 is 14.8 Å². The van der Waals surface area contributed by atoms with Gasteiger partial charge in [-0.25, -0.2) is 5.48 Å². The van der Waals surface area contributed by atoms with Gasteiger partial charge in [-0.3, -0.25) is 14.8 Å². The van der Waals surface area contributed by atoms with Crippen LogP contribution in [0, 0.1) is 0 Å². The number of carbonyl (C=O) groups excluding carboxylic acids is 2. The largest absolute Gasteiger partial charge is 0.325 e. The first-order chi connectivity index (χ1) is 12.7. The molecular weight excluding hydrogens is 330 g/mol. The fourth-order valence-corrected chi connectivity index (χ4v) is 3.00. The minimum absolute atomic E-state index is 0.0658. The molecule has 0 spiro atoms. The second-order valence-electron chi connectivity index (χ2n) is 6.15. The van der Waals surface area contributed by atoms with Gasteiger partial charge in [0.1, 0.15) is 0 Å². The number of rotatable bonds is 7. The molecule has 134 valence electrons.